The SMILES string of the molecule is COC(=O)C1=C(c2ccc(F)cc2)[C@]23CCC[C@H]1N2C(=O)c1ccccc1C3=O. The Morgan fingerprint density at radius 1 is 1.10 bits per heavy atom. The van der Waals surface area contributed by atoms with E-state index < -0.39 is 23.4 Å². The average molecular weight is 391 g/mol. The van der Waals surface area contributed by atoms with Crippen LogP contribution in [0.25, 0.3) is 5.57 Å². The molecule has 1 amide bonds. The fraction of sp³-hybridized carbons (Fsp3) is 0.261. The number of methoxy groups -OCH3 is 1. The number of halogens is 1. The maximum Gasteiger partial charge on any atom is 0.336 e. The fourth-order valence-corrected chi connectivity index (χ4v) is 5.21. The van der Waals surface area contributed by atoms with Crippen molar-refractivity contribution in [3.63, 3.8) is 0 Å². The molecule has 146 valence electrons. The molecule has 1 fully saturated rings. The number of carbonyl (C=O) groups is 3. The first-order chi connectivity index (χ1) is 14.0. The molecule has 3 aliphatic rings. The molecule has 6 heteroatoms. The van der Waals surface area contributed by atoms with Crippen LogP contribution in [0.1, 0.15) is 45.5 Å². The molecule has 1 saturated heterocycles. The third kappa shape index (κ3) is 2.17. The number of carbonyl (C=O) groups excluding carboxylic acids is 3. The second-order valence-electron chi connectivity index (χ2n) is 7.61. The number of hydrogen-bond acceptors (Lipinski definition) is 4. The molecular weight excluding hydrogens is 373 g/mol. The molecule has 0 unspecified atom stereocenters. The Labute approximate surface area is 166 Å². The maximum absolute atomic E-state index is 13.8. The Hall–Kier alpha value is -3.28. The largest absolute Gasteiger partial charge is 0.466 e. The van der Waals surface area contributed by atoms with Gasteiger partial charge in [0.1, 0.15) is 11.4 Å². The summed E-state index contributed by atoms with van der Waals surface area (Å²) in [5, 5.41) is 0. The first-order valence-electron chi connectivity index (χ1n) is 9.57. The lowest BCUT2D eigenvalue weighted by Crippen LogP contribution is -2.62. The van der Waals surface area contributed by atoms with E-state index >= 15 is 0 Å². The van der Waals surface area contributed by atoms with Gasteiger partial charge >= 0.3 is 5.97 Å². The number of ketones is 1. The van der Waals surface area contributed by atoms with E-state index in [1.165, 1.54) is 19.2 Å². The van der Waals surface area contributed by atoms with Crippen molar-refractivity contribution in [3.05, 3.63) is 76.6 Å². The molecule has 29 heavy (non-hydrogen) atoms. The van der Waals surface area contributed by atoms with E-state index in [1.807, 2.05) is 0 Å². The number of esters is 1. The van der Waals surface area contributed by atoms with Gasteiger partial charge in [-0.1, -0.05) is 30.3 Å². The van der Waals surface area contributed by atoms with Gasteiger partial charge in [0.2, 0.25) is 0 Å². The van der Waals surface area contributed by atoms with Crippen molar-refractivity contribution in [1.29, 1.82) is 0 Å². The summed E-state index contributed by atoms with van der Waals surface area (Å²) in [7, 11) is 1.29. The topological polar surface area (TPSA) is 63.7 Å². The summed E-state index contributed by atoms with van der Waals surface area (Å²) in [6.07, 6.45) is 1.67. The minimum atomic E-state index is -1.27. The van der Waals surface area contributed by atoms with Crippen LogP contribution in [0.2, 0.25) is 0 Å². The Morgan fingerprint density at radius 2 is 1.79 bits per heavy atom. The Balaban J connectivity index is 1.84. The van der Waals surface area contributed by atoms with Crippen LogP contribution in [-0.4, -0.2) is 41.3 Å². The van der Waals surface area contributed by atoms with Crippen LogP contribution in [-0.2, 0) is 9.53 Å². The fourth-order valence-electron chi connectivity index (χ4n) is 5.21. The number of ether oxygens (including phenoxy) is 1. The molecule has 0 aliphatic carbocycles. The molecule has 2 atom stereocenters. The van der Waals surface area contributed by atoms with Gasteiger partial charge in [0.15, 0.2) is 5.78 Å². The molecule has 0 saturated carbocycles. The first-order valence-corrected chi connectivity index (χ1v) is 9.57. The number of hydrogen-bond donors (Lipinski definition) is 0. The summed E-state index contributed by atoms with van der Waals surface area (Å²) in [6, 6.07) is 11.9. The highest BCUT2D eigenvalue weighted by atomic mass is 19.1. The van der Waals surface area contributed by atoms with E-state index in [9.17, 15) is 18.8 Å². The molecule has 2 bridgehead atoms. The molecule has 2 aromatic rings. The number of Topliss-reactive ketones (excluding diaryl/α,β-unsaturated/α-hetero) is 1. The van der Waals surface area contributed by atoms with Crippen molar-refractivity contribution in [2.75, 3.05) is 7.11 Å². The molecule has 2 aromatic carbocycles. The lowest BCUT2D eigenvalue weighted by molar-refractivity contribution is -0.136. The van der Waals surface area contributed by atoms with Gasteiger partial charge in [-0.25, -0.2) is 9.18 Å². The predicted molar refractivity (Wildman–Crippen MR) is 103 cm³/mol. The minimum Gasteiger partial charge on any atom is -0.466 e. The van der Waals surface area contributed by atoms with Gasteiger partial charge in [0, 0.05) is 11.1 Å². The van der Waals surface area contributed by atoms with Gasteiger partial charge in [-0.3, -0.25) is 9.59 Å². The molecule has 0 aromatic heterocycles. The van der Waals surface area contributed by atoms with Gasteiger partial charge in [-0.2, -0.15) is 0 Å². The molecule has 0 spiro atoms. The van der Waals surface area contributed by atoms with Crippen molar-refractivity contribution < 1.29 is 23.5 Å². The normalized spacial score (nSPS) is 25.0. The van der Waals surface area contributed by atoms with Crippen LogP contribution >= 0.6 is 0 Å². The summed E-state index contributed by atoms with van der Waals surface area (Å²) in [5.41, 5.74) is 0.799. The van der Waals surface area contributed by atoms with E-state index in [1.54, 1.807) is 41.3 Å². The summed E-state index contributed by atoms with van der Waals surface area (Å²) in [5.74, 6) is -1.44. The van der Waals surface area contributed by atoms with E-state index in [4.69, 9.17) is 4.74 Å². The second-order valence-corrected chi connectivity index (χ2v) is 7.61. The Morgan fingerprint density at radius 3 is 2.48 bits per heavy atom. The van der Waals surface area contributed by atoms with E-state index in [0.717, 1.165) is 0 Å². The quantitative estimate of drug-likeness (QED) is 0.736. The van der Waals surface area contributed by atoms with Crippen LogP contribution in [0.4, 0.5) is 4.39 Å². The lowest BCUT2D eigenvalue weighted by atomic mass is 9.71. The highest BCUT2D eigenvalue weighted by molar-refractivity contribution is 6.26. The predicted octanol–water partition coefficient (Wildman–Crippen LogP) is 3.40. The van der Waals surface area contributed by atoms with Crippen molar-refractivity contribution in [1.82, 2.24) is 4.90 Å². The number of amides is 1. The average Bonchev–Trinajstić information content (AvgIpc) is 2.93. The van der Waals surface area contributed by atoms with Gasteiger partial charge in [-0.05, 0) is 43.0 Å². The first kappa shape index (κ1) is 17.8. The Kier molecular flexibility index (Phi) is 3.75. The van der Waals surface area contributed by atoms with Crippen LogP contribution < -0.4 is 0 Å². The summed E-state index contributed by atoms with van der Waals surface area (Å²) >= 11 is 0. The van der Waals surface area contributed by atoms with Crippen LogP contribution in [0, 0.1) is 5.82 Å². The van der Waals surface area contributed by atoms with Crippen LogP contribution in [0.15, 0.2) is 54.1 Å². The zero-order valence-corrected chi connectivity index (χ0v) is 15.8. The standard InChI is InChI=1S/C23H18FNO4/c1-29-22(28)18-17-7-4-12-23(19(18)13-8-10-14(24)11-9-13)20(26)15-5-2-3-6-16(15)21(27)25(17)23/h2-3,5-6,8-11,17H,4,7,12H2,1H3/t17-,23+/m1/s1. The highest BCUT2D eigenvalue weighted by Crippen LogP contribution is 2.56. The van der Waals surface area contributed by atoms with Gasteiger partial charge < -0.3 is 9.64 Å². The second kappa shape index (κ2) is 6.11. The molecule has 5 nitrogen and oxygen atoms in total. The molecule has 5 rings (SSSR count). The number of piperidine rings is 1. The van der Waals surface area contributed by atoms with Gasteiger partial charge in [-0.15, -0.1) is 0 Å². The van der Waals surface area contributed by atoms with E-state index in [2.05, 4.69) is 0 Å². The number of fused-ring (bicyclic) bond motifs is 1. The van der Waals surface area contributed by atoms with Crippen LogP contribution in [0.5, 0.6) is 0 Å². The number of benzene rings is 2. The molecule has 3 aliphatic heterocycles. The molecular formula is C23H18FNO4. The Bertz CT molecular complexity index is 1100. The summed E-state index contributed by atoms with van der Waals surface area (Å²) < 4.78 is 18.6. The lowest BCUT2D eigenvalue weighted by Gasteiger charge is -2.48. The van der Waals surface area contributed by atoms with E-state index in [0.29, 0.717) is 47.1 Å². The molecule has 0 N–H and O–H groups in total. The van der Waals surface area contributed by atoms with Gasteiger partial charge in [0.25, 0.3) is 5.91 Å². The van der Waals surface area contributed by atoms with Crippen molar-refractivity contribution in [2.45, 2.75) is 30.8 Å². The van der Waals surface area contributed by atoms with Gasteiger partial charge in [0.05, 0.1) is 24.3 Å². The van der Waals surface area contributed by atoms with Crippen molar-refractivity contribution in [3.8, 4) is 0 Å². The zero-order chi connectivity index (χ0) is 20.3. The van der Waals surface area contributed by atoms with Crippen LogP contribution in [0.3, 0.4) is 0 Å². The third-order valence-corrected chi connectivity index (χ3v) is 6.29. The highest BCUT2D eigenvalue weighted by Gasteiger charge is 2.64. The summed E-state index contributed by atoms with van der Waals surface area (Å²) in [6.45, 7) is 0. The minimum absolute atomic E-state index is 0.198. The number of rotatable bonds is 2. The van der Waals surface area contributed by atoms with E-state index in [-0.39, 0.29) is 11.7 Å². The third-order valence-electron chi connectivity index (χ3n) is 6.29. The maximum atomic E-state index is 13.8. The van der Waals surface area contributed by atoms with Crippen molar-refractivity contribution in [2.24, 2.45) is 0 Å². The number of nitrogens with zero attached hydrogens (tertiary/aromatic N) is 1. The van der Waals surface area contributed by atoms with Crippen molar-refractivity contribution >= 4 is 23.2 Å². The molecule has 3 heterocycles. The summed E-state index contributed by atoms with van der Waals surface area (Å²) in [4.78, 5) is 41.7. The monoisotopic (exact) mass is 391 g/mol. The zero-order valence-electron chi connectivity index (χ0n) is 15.8. The molecule has 0 radical (unpaired) electrons. The smallest absolute Gasteiger partial charge is 0.336 e.